The lowest BCUT2D eigenvalue weighted by molar-refractivity contribution is 0.233. The molecule has 0 aliphatic carbocycles. The predicted molar refractivity (Wildman–Crippen MR) is 233 cm³/mol. The molecule has 1 aromatic heterocycles. The molecule has 3 heteroatoms. The molecule has 5 rings (SSSR count). The van der Waals surface area contributed by atoms with Crippen LogP contribution in [0.15, 0.2) is 103 Å². The van der Waals surface area contributed by atoms with E-state index in [4.69, 9.17) is 14.5 Å². The number of hydrogen-bond donors (Lipinski definition) is 0. The molecule has 0 saturated carbocycles. The van der Waals surface area contributed by atoms with Gasteiger partial charge in [-0.25, -0.2) is 0 Å². The third kappa shape index (κ3) is 12.1. The van der Waals surface area contributed by atoms with Crippen LogP contribution in [0.25, 0.3) is 46.6 Å². The molecule has 5 aromatic rings. The molecule has 2 atom stereocenters. The Morgan fingerprint density at radius 1 is 0.556 bits per heavy atom. The number of benzene rings is 4. The van der Waals surface area contributed by atoms with Crippen molar-refractivity contribution in [2.75, 3.05) is 13.2 Å². The minimum absolute atomic E-state index is 0.593. The van der Waals surface area contributed by atoms with E-state index >= 15 is 0 Å². The van der Waals surface area contributed by atoms with Gasteiger partial charge in [0.25, 0.3) is 0 Å². The molecule has 0 spiro atoms. The van der Waals surface area contributed by atoms with Gasteiger partial charge in [0, 0.05) is 11.3 Å². The van der Waals surface area contributed by atoms with Crippen LogP contribution in [0.1, 0.15) is 113 Å². The number of aromatic nitrogens is 1. The molecule has 1 heterocycles. The topological polar surface area (TPSA) is 31.4 Å². The van der Waals surface area contributed by atoms with Crippen LogP contribution in [0, 0.1) is 25.7 Å². The molecule has 282 valence electrons. The van der Waals surface area contributed by atoms with E-state index in [0.717, 1.165) is 76.8 Å². The summed E-state index contributed by atoms with van der Waals surface area (Å²) in [4.78, 5) is 5.19. The zero-order chi connectivity index (χ0) is 38.1. The molecular formula is C51H61NO2. The average Bonchev–Trinajstić information content (AvgIpc) is 3.20. The lowest BCUT2D eigenvalue weighted by Gasteiger charge is -2.16. The molecule has 0 amide bonds. The molecule has 0 fully saturated rings. The van der Waals surface area contributed by atoms with Crippen molar-refractivity contribution in [3.63, 3.8) is 0 Å². The SMILES string of the molecule is CCCCC(CC)COc1cccc(C=Cc2cc(-c3ccc(-c4ccc(C)cc4)cc3)c(C=Cc3cccc(OCC(CC)CCCC)c3)nc2C)c1. The molecule has 54 heavy (non-hydrogen) atoms. The lowest BCUT2D eigenvalue weighted by atomic mass is 9.96. The summed E-state index contributed by atoms with van der Waals surface area (Å²) in [7, 11) is 0. The third-order valence-corrected chi connectivity index (χ3v) is 10.5. The summed E-state index contributed by atoms with van der Waals surface area (Å²) in [6.45, 7) is 14.8. The normalized spacial score (nSPS) is 12.7. The standard InChI is InChI=1S/C51H61NO2/c1-7-11-15-40(9-3)36-53-48-19-13-17-42(33-48)23-27-47-35-50(46-30-28-45(29-31-46)44-25-21-38(5)22-26-44)51(52-39(47)6)32-24-43-18-14-20-49(34-43)54-37-41(10-4)16-12-8-2/h13-14,17-35,40-41H,7-12,15-16,36-37H2,1-6H3. The number of hydrogen-bond acceptors (Lipinski definition) is 3. The minimum atomic E-state index is 0.593. The van der Waals surface area contributed by atoms with Gasteiger partial charge < -0.3 is 9.47 Å². The van der Waals surface area contributed by atoms with Crippen LogP contribution in [0.5, 0.6) is 11.5 Å². The quantitative estimate of drug-likeness (QED) is 0.0802. The van der Waals surface area contributed by atoms with Crippen molar-refractivity contribution in [1.82, 2.24) is 4.98 Å². The van der Waals surface area contributed by atoms with Gasteiger partial charge in [-0.15, -0.1) is 0 Å². The summed E-state index contributed by atoms with van der Waals surface area (Å²) >= 11 is 0. The molecule has 0 N–H and O–H groups in total. The molecule has 0 aliphatic rings. The van der Waals surface area contributed by atoms with E-state index in [9.17, 15) is 0 Å². The second-order valence-corrected chi connectivity index (χ2v) is 14.8. The Kier molecular flexibility index (Phi) is 15.8. The highest BCUT2D eigenvalue weighted by atomic mass is 16.5. The fourth-order valence-electron chi connectivity index (χ4n) is 6.76. The van der Waals surface area contributed by atoms with Crippen molar-refractivity contribution in [1.29, 1.82) is 0 Å². The maximum Gasteiger partial charge on any atom is 0.119 e. The van der Waals surface area contributed by atoms with Gasteiger partial charge in [-0.3, -0.25) is 4.98 Å². The van der Waals surface area contributed by atoms with Gasteiger partial charge in [0.1, 0.15) is 11.5 Å². The summed E-state index contributed by atoms with van der Waals surface area (Å²) in [6.07, 6.45) is 18.3. The van der Waals surface area contributed by atoms with Gasteiger partial charge in [0.2, 0.25) is 0 Å². The predicted octanol–water partition coefficient (Wildman–Crippen LogP) is 14.6. The average molecular weight is 720 g/mol. The van der Waals surface area contributed by atoms with Gasteiger partial charge in [0.05, 0.1) is 18.9 Å². The monoisotopic (exact) mass is 719 g/mol. The third-order valence-electron chi connectivity index (χ3n) is 10.5. The van der Waals surface area contributed by atoms with E-state index in [2.05, 4.69) is 169 Å². The second-order valence-electron chi connectivity index (χ2n) is 14.8. The van der Waals surface area contributed by atoms with Crippen LogP contribution in [0.2, 0.25) is 0 Å². The van der Waals surface area contributed by atoms with Crippen LogP contribution < -0.4 is 9.47 Å². The minimum Gasteiger partial charge on any atom is -0.493 e. The first-order chi connectivity index (χ1) is 26.4. The largest absolute Gasteiger partial charge is 0.493 e. The number of rotatable bonds is 20. The van der Waals surface area contributed by atoms with Gasteiger partial charge >= 0.3 is 0 Å². The Morgan fingerprint density at radius 2 is 1.06 bits per heavy atom. The smallest absolute Gasteiger partial charge is 0.119 e. The van der Waals surface area contributed by atoms with Crippen molar-refractivity contribution in [2.24, 2.45) is 11.8 Å². The Bertz CT molecular complexity index is 1940. The number of unbranched alkanes of at least 4 members (excludes halogenated alkanes) is 2. The van der Waals surface area contributed by atoms with E-state index in [1.54, 1.807) is 0 Å². The van der Waals surface area contributed by atoms with Crippen LogP contribution in [0.3, 0.4) is 0 Å². The number of nitrogens with zero attached hydrogens (tertiary/aromatic N) is 1. The van der Waals surface area contributed by atoms with E-state index in [1.165, 1.54) is 55.2 Å². The molecule has 0 saturated heterocycles. The number of ether oxygens (including phenoxy) is 2. The first kappa shape index (κ1) is 40.3. The van der Waals surface area contributed by atoms with Gasteiger partial charge in [-0.05, 0) is 108 Å². The fourth-order valence-corrected chi connectivity index (χ4v) is 6.76. The highest BCUT2D eigenvalue weighted by Gasteiger charge is 2.12. The fraction of sp³-hybridized carbons (Fsp3) is 0.353. The summed E-state index contributed by atoms with van der Waals surface area (Å²) in [5, 5.41) is 0. The van der Waals surface area contributed by atoms with E-state index < -0.39 is 0 Å². The summed E-state index contributed by atoms with van der Waals surface area (Å²) in [5.74, 6) is 3.03. The summed E-state index contributed by atoms with van der Waals surface area (Å²) in [6, 6.07) is 36.7. The Balaban J connectivity index is 1.41. The number of aryl methyl sites for hydroxylation is 2. The molecule has 2 unspecified atom stereocenters. The van der Waals surface area contributed by atoms with Crippen LogP contribution in [-0.2, 0) is 0 Å². The Labute approximate surface area is 326 Å². The molecule has 4 aromatic carbocycles. The molecule has 0 aliphatic heterocycles. The van der Waals surface area contributed by atoms with Crippen LogP contribution in [-0.4, -0.2) is 18.2 Å². The van der Waals surface area contributed by atoms with Crippen LogP contribution in [0.4, 0.5) is 0 Å². The van der Waals surface area contributed by atoms with Crippen molar-refractivity contribution in [3.8, 4) is 33.8 Å². The van der Waals surface area contributed by atoms with Crippen molar-refractivity contribution in [3.05, 3.63) is 137 Å². The first-order valence-corrected chi connectivity index (χ1v) is 20.4. The van der Waals surface area contributed by atoms with Crippen molar-refractivity contribution >= 4 is 24.3 Å². The van der Waals surface area contributed by atoms with Gasteiger partial charge in [-0.2, -0.15) is 0 Å². The van der Waals surface area contributed by atoms with E-state index in [0.29, 0.717) is 11.8 Å². The van der Waals surface area contributed by atoms with E-state index in [1.807, 2.05) is 0 Å². The van der Waals surface area contributed by atoms with Crippen molar-refractivity contribution in [2.45, 2.75) is 92.9 Å². The Morgan fingerprint density at radius 3 is 1.57 bits per heavy atom. The van der Waals surface area contributed by atoms with Gasteiger partial charge in [0.15, 0.2) is 0 Å². The summed E-state index contributed by atoms with van der Waals surface area (Å²) < 4.78 is 12.5. The van der Waals surface area contributed by atoms with Gasteiger partial charge in [-0.1, -0.05) is 163 Å². The zero-order valence-electron chi connectivity index (χ0n) is 33.6. The summed E-state index contributed by atoms with van der Waals surface area (Å²) in [5.41, 5.74) is 11.1. The molecule has 0 radical (unpaired) electrons. The highest BCUT2D eigenvalue weighted by molar-refractivity contribution is 5.83. The highest BCUT2D eigenvalue weighted by Crippen LogP contribution is 2.31. The van der Waals surface area contributed by atoms with E-state index in [-0.39, 0.29) is 0 Å². The number of pyridine rings is 1. The molecular weight excluding hydrogens is 659 g/mol. The zero-order valence-corrected chi connectivity index (χ0v) is 33.6. The second kappa shape index (κ2) is 21.1. The molecule has 0 bridgehead atoms. The van der Waals surface area contributed by atoms with Crippen molar-refractivity contribution < 1.29 is 9.47 Å². The maximum atomic E-state index is 6.28. The molecule has 3 nitrogen and oxygen atoms in total. The maximum absolute atomic E-state index is 6.28. The Hall–Kier alpha value is -4.89. The lowest BCUT2D eigenvalue weighted by Crippen LogP contribution is -2.11. The van der Waals surface area contributed by atoms with Crippen LogP contribution >= 0.6 is 0 Å². The first-order valence-electron chi connectivity index (χ1n) is 20.4.